The summed E-state index contributed by atoms with van der Waals surface area (Å²) in [6, 6.07) is 2.81. The van der Waals surface area contributed by atoms with Gasteiger partial charge >= 0.3 is 12.1 Å². The number of nitrogens with zero attached hydrogens (tertiary/aromatic N) is 2. The molecule has 0 bridgehead atoms. The highest BCUT2D eigenvalue weighted by molar-refractivity contribution is 6.02. The van der Waals surface area contributed by atoms with Gasteiger partial charge in [0.1, 0.15) is 5.60 Å². The molecule has 7 nitrogen and oxygen atoms in total. The summed E-state index contributed by atoms with van der Waals surface area (Å²) in [6.45, 7) is 5.16. The SMILES string of the molecule is CC(C)(C)OC(=O)Nc1cc2nccnc2cc1C(=O)O. The van der Waals surface area contributed by atoms with Gasteiger partial charge in [0.2, 0.25) is 0 Å². The molecule has 1 amide bonds. The first-order valence-corrected chi connectivity index (χ1v) is 6.24. The second-order valence-corrected chi connectivity index (χ2v) is 5.37. The Morgan fingerprint density at radius 2 is 1.71 bits per heavy atom. The van der Waals surface area contributed by atoms with Gasteiger partial charge in [-0.2, -0.15) is 0 Å². The van der Waals surface area contributed by atoms with E-state index in [0.717, 1.165) is 0 Å². The molecule has 1 aromatic heterocycles. The first-order chi connectivity index (χ1) is 9.76. The average molecular weight is 289 g/mol. The summed E-state index contributed by atoms with van der Waals surface area (Å²) in [5.41, 5.74) is 0.279. The molecule has 0 atom stereocenters. The lowest BCUT2D eigenvalue weighted by atomic mass is 10.1. The Balaban J connectivity index is 2.39. The number of hydrogen-bond acceptors (Lipinski definition) is 5. The van der Waals surface area contributed by atoms with Crippen molar-refractivity contribution < 1.29 is 19.4 Å². The van der Waals surface area contributed by atoms with Crippen LogP contribution in [0.2, 0.25) is 0 Å². The Hall–Kier alpha value is -2.70. The minimum absolute atomic E-state index is 0.0751. The van der Waals surface area contributed by atoms with Crippen molar-refractivity contribution in [3.05, 3.63) is 30.1 Å². The number of carbonyl (C=O) groups excluding carboxylic acids is 1. The van der Waals surface area contributed by atoms with E-state index in [-0.39, 0.29) is 11.3 Å². The van der Waals surface area contributed by atoms with Crippen molar-refractivity contribution in [1.29, 1.82) is 0 Å². The van der Waals surface area contributed by atoms with Crippen molar-refractivity contribution in [2.75, 3.05) is 5.32 Å². The third-order valence-corrected chi connectivity index (χ3v) is 2.47. The zero-order valence-electron chi connectivity index (χ0n) is 11.9. The summed E-state index contributed by atoms with van der Waals surface area (Å²) in [6.07, 6.45) is 2.22. The molecule has 1 aromatic carbocycles. The number of nitrogens with one attached hydrogen (secondary N) is 1. The van der Waals surface area contributed by atoms with E-state index in [1.165, 1.54) is 24.5 Å². The number of carbonyl (C=O) groups is 2. The maximum atomic E-state index is 11.8. The second kappa shape index (κ2) is 5.35. The third-order valence-electron chi connectivity index (χ3n) is 2.47. The molecule has 0 aliphatic rings. The van der Waals surface area contributed by atoms with Crippen molar-refractivity contribution >= 4 is 28.8 Å². The van der Waals surface area contributed by atoms with E-state index in [2.05, 4.69) is 15.3 Å². The molecule has 1 heterocycles. The minimum Gasteiger partial charge on any atom is -0.478 e. The van der Waals surface area contributed by atoms with E-state index in [1.807, 2.05) is 0 Å². The van der Waals surface area contributed by atoms with Crippen LogP contribution < -0.4 is 5.32 Å². The summed E-state index contributed by atoms with van der Waals surface area (Å²) in [5.74, 6) is -1.17. The lowest BCUT2D eigenvalue weighted by Crippen LogP contribution is -2.27. The molecule has 0 aliphatic carbocycles. The van der Waals surface area contributed by atoms with Crippen LogP contribution in [-0.2, 0) is 4.74 Å². The molecule has 0 unspecified atom stereocenters. The fourth-order valence-electron chi connectivity index (χ4n) is 1.70. The van der Waals surface area contributed by atoms with Gasteiger partial charge in [-0.1, -0.05) is 0 Å². The number of carboxylic acids is 1. The highest BCUT2D eigenvalue weighted by Gasteiger charge is 2.19. The summed E-state index contributed by atoms with van der Waals surface area (Å²) >= 11 is 0. The van der Waals surface area contributed by atoms with Gasteiger partial charge in [-0.3, -0.25) is 15.3 Å². The lowest BCUT2D eigenvalue weighted by Gasteiger charge is -2.20. The van der Waals surface area contributed by atoms with Gasteiger partial charge in [0, 0.05) is 12.4 Å². The minimum atomic E-state index is -1.17. The molecule has 0 aliphatic heterocycles. The number of aromatic carboxylic acids is 1. The molecule has 0 spiro atoms. The normalized spacial score (nSPS) is 11.2. The molecule has 2 aromatic rings. The summed E-state index contributed by atoms with van der Waals surface area (Å²) in [5, 5.41) is 11.7. The van der Waals surface area contributed by atoms with E-state index in [4.69, 9.17) is 4.74 Å². The maximum absolute atomic E-state index is 11.8. The van der Waals surface area contributed by atoms with Crippen LogP contribution in [0.25, 0.3) is 11.0 Å². The van der Waals surface area contributed by atoms with Crippen molar-refractivity contribution in [3.8, 4) is 0 Å². The van der Waals surface area contributed by atoms with Crippen molar-refractivity contribution in [2.45, 2.75) is 26.4 Å². The predicted octanol–water partition coefficient (Wildman–Crippen LogP) is 2.68. The molecule has 2 N–H and O–H groups in total. The molecule has 7 heteroatoms. The fraction of sp³-hybridized carbons (Fsp3) is 0.286. The largest absolute Gasteiger partial charge is 0.478 e. The van der Waals surface area contributed by atoms with Gasteiger partial charge in [-0.25, -0.2) is 9.59 Å². The van der Waals surface area contributed by atoms with E-state index in [1.54, 1.807) is 20.8 Å². The fourth-order valence-corrected chi connectivity index (χ4v) is 1.70. The van der Waals surface area contributed by atoms with Crippen LogP contribution in [-0.4, -0.2) is 32.7 Å². The van der Waals surface area contributed by atoms with Gasteiger partial charge < -0.3 is 9.84 Å². The second-order valence-electron chi connectivity index (χ2n) is 5.37. The van der Waals surface area contributed by atoms with Gasteiger partial charge in [0.15, 0.2) is 0 Å². The lowest BCUT2D eigenvalue weighted by molar-refractivity contribution is 0.0636. The molecule has 110 valence electrons. The molecule has 0 saturated carbocycles. The van der Waals surface area contributed by atoms with Gasteiger partial charge in [-0.05, 0) is 32.9 Å². The Bertz CT molecular complexity index is 707. The van der Waals surface area contributed by atoms with Crippen LogP contribution in [0.3, 0.4) is 0 Å². The Morgan fingerprint density at radius 3 is 2.24 bits per heavy atom. The van der Waals surface area contributed by atoms with Gasteiger partial charge in [0.05, 0.1) is 22.3 Å². The van der Waals surface area contributed by atoms with Crippen molar-refractivity contribution in [1.82, 2.24) is 9.97 Å². The van der Waals surface area contributed by atoms with Crippen molar-refractivity contribution in [3.63, 3.8) is 0 Å². The number of anilines is 1. The summed E-state index contributed by atoms with van der Waals surface area (Å²) in [4.78, 5) is 31.2. The number of hydrogen-bond donors (Lipinski definition) is 2. The van der Waals surface area contributed by atoms with E-state index in [0.29, 0.717) is 11.0 Å². The molecule has 21 heavy (non-hydrogen) atoms. The Kier molecular flexibility index (Phi) is 3.75. The van der Waals surface area contributed by atoms with E-state index < -0.39 is 17.7 Å². The van der Waals surface area contributed by atoms with Crippen LogP contribution in [0.5, 0.6) is 0 Å². The van der Waals surface area contributed by atoms with Gasteiger partial charge in [-0.15, -0.1) is 0 Å². The quantitative estimate of drug-likeness (QED) is 0.881. The maximum Gasteiger partial charge on any atom is 0.412 e. The zero-order valence-corrected chi connectivity index (χ0v) is 11.9. The monoisotopic (exact) mass is 289 g/mol. The number of carboxylic acid groups (broad SMARTS) is 1. The first kappa shape index (κ1) is 14.7. The van der Waals surface area contributed by atoms with Crippen LogP contribution in [0.4, 0.5) is 10.5 Å². The van der Waals surface area contributed by atoms with Crippen LogP contribution in [0, 0.1) is 0 Å². The first-order valence-electron chi connectivity index (χ1n) is 6.24. The number of benzene rings is 1. The van der Waals surface area contributed by atoms with Crippen LogP contribution in [0.15, 0.2) is 24.5 Å². The number of amides is 1. The van der Waals surface area contributed by atoms with Gasteiger partial charge in [0.25, 0.3) is 0 Å². The number of fused-ring (bicyclic) bond motifs is 1. The van der Waals surface area contributed by atoms with E-state index >= 15 is 0 Å². The number of rotatable bonds is 2. The topological polar surface area (TPSA) is 101 Å². The zero-order chi connectivity index (χ0) is 15.6. The number of ether oxygens (including phenoxy) is 1. The molecule has 2 rings (SSSR count). The Morgan fingerprint density at radius 1 is 1.14 bits per heavy atom. The Labute approximate surface area is 121 Å². The highest BCUT2D eigenvalue weighted by Crippen LogP contribution is 2.22. The molecular formula is C14H15N3O4. The smallest absolute Gasteiger partial charge is 0.412 e. The van der Waals surface area contributed by atoms with Crippen molar-refractivity contribution in [2.24, 2.45) is 0 Å². The molecule has 0 radical (unpaired) electrons. The van der Waals surface area contributed by atoms with Crippen LogP contribution >= 0.6 is 0 Å². The molecule has 0 fully saturated rings. The van der Waals surface area contributed by atoms with Crippen LogP contribution in [0.1, 0.15) is 31.1 Å². The summed E-state index contributed by atoms with van der Waals surface area (Å²) < 4.78 is 5.11. The highest BCUT2D eigenvalue weighted by atomic mass is 16.6. The molecule has 0 saturated heterocycles. The standard InChI is InChI=1S/C14H15N3O4/c1-14(2,3)21-13(20)17-9-7-11-10(15-4-5-16-11)6-8(9)12(18)19/h4-7H,1-3H3,(H,17,20)(H,18,19). The predicted molar refractivity (Wildman–Crippen MR) is 76.4 cm³/mol. The third kappa shape index (κ3) is 3.65. The molecular weight excluding hydrogens is 274 g/mol. The van der Waals surface area contributed by atoms with E-state index in [9.17, 15) is 14.7 Å². The average Bonchev–Trinajstić information content (AvgIpc) is 2.35. The summed E-state index contributed by atoms with van der Waals surface area (Å²) in [7, 11) is 0. The number of aromatic nitrogens is 2.